The number of aryl methyl sites for hydroxylation is 1. The molecular weight excluding hydrogens is 301 g/mol. The van der Waals surface area contributed by atoms with E-state index in [1.54, 1.807) is 49.1 Å². The Morgan fingerprint density at radius 2 is 2.20 bits per heavy atom. The third-order valence-corrected chi connectivity index (χ3v) is 3.15. The first-order valence-electron chi connectivity index (χ1n) is 5.87. The molecule has 0 spiro atoms. The highest BCUT2D eigenvalue weighted by atomic mass is 35.5. The highest BCUT2D eigenvalue weighted by Crippen LogP contribution is 2.28. The zero-order valence-corrected chi connectivity index (χ0v) is 12.4. The third kappa shape index (κ3) is 3.43. The molecule has 1 aromatic heterocycles. The second kappa shape index (κ2) is 6.15. The predicted octanol–water partition coefficient (Wildman–Crippen LogP) is 3.13. The maximum Gasteiger partial charge on any atom is 0.267 e. The molecule has 7 heteroatoms. The van der Waals surface area contributed by atoms with Gasteiger partial charge in [0.05, 0.1) is 5.02 Å². The molecule has 0 aliphatic heterocycles. The van der Waals surface area contributed by atoms with Crippen molar-refractivity contribution in [1.82, 2.24) is 9.55 Å². The van der Waals surface area contributed by atoms with Crippen molar-refractivity contribution >= 4 is 35.1 Å². The van der Waals surface area contributed by atoms with E-state index in [0.29, 0.717) is 21.7 Å². The molecular formula is C13H13Cl2N3O2. The molecule has 0 fully saturated rings. The van der Waals surface area contributed by atoms with Crippen LogP contribution in [0.3, 0.4) is 0 Å². The van der Waals surface area contributed by atoms with E-state index in [-0.39, 0.29) is 5.91 Å². The smallest absolute Gasteiger partial charge is 0.267 e. The van der Waals surface area contributed by atoms with Gasteiger partial charge in [0.15, 0.2) is 6.10 Å². The summed E-state index contributed by atoms with van der Waals surface area (Å²) >= 11 is 11.8. The van der Waals surface area contributed by atoms with Crippen molar-refractivity contribution in [3.8, 4) is 5.75 Å². The largest absolute Gasteiger partial charge is 0.479 e. The van der Waals surface area contributed by atoms with Crippen LogP contribution in [0.2, 0.25) is 10.0 Å². The van der Waals surface area contributed by atoms with Gasteiger partial charge in [0.25, 0.3) is 5.91 Å². The van der Waals surface area contributed by atoms with Crippen molar-refractivity contribution in [2.45, 2.75) is 13.0 Å². The maximum absolute atomic E-state index is 12.0. The first-order chi connectivity index (χ1) is 9.47. The van der Waals surface area contributed by atoms with Crippen molar-refractivity contribution in [2.75, 3.05) is 5.32 Å². The Balaban J connectivity index is 2.02. The molecule has 2 rings (SSSR count). The summed E-state index contributed by atoms with van der Waals surface area (Å²) in [6, 6.07) is 4.82. The lowest BCUT2D eigenvalue weighted by molar-refractivity contribution is -0.122. The molecule has 0 radical (unpaired) electrons. The molecule has 1 aromatic carbocycles. The molecule has 1 heterocycles. The molecule has 0 saturated heterocycles. The predicted molar refractivity (Wildman–Crippen MR) is 78.4 cm³/mol. The number of hydrogen-bond donors (Lipinski definition) is 1. The summed E-state index contributed by atoms with van der Waals surface area (Å²) in [5, 5.41) is 3.52. The minimum Gasteiger partial charge on any atom is -0.479 e. The summed E-state index contributed by atoms with van der Waals surface area (Å²) in [6.45, 7) is 1.63. The summed E-state index contributed by atoms with van der Waals surface area (Å²) < 4.78 is 7.21. The van der Waals surface area contributed by atoms with E-state index < -0.39 is 6.10 Å². The van der Waals surface area contributed by atoms with Crippen molar-refractivity contribution in [3.05, 3.63) is 40.6 Å². The monoisotopic (exact) mass is 313 g/mol. The number of imidazole rings is 1. The fourth-order valence-corrected chi connectivity index (χ4v) is 1.97. The minimum atomic E-state index is -0.717. The van der Waals surface area contributed by atoms with Crippen LogP contribution in [0, 0.1) is 0 Å². The van der Waals surface area contributed by atoms with Gasteiger partial charge >= 0.3 is 0 Å². The standard InChI is InChI=1S/C13H13Cl2N3O2/c1-8(12(19)17-13-16-5-6-18(13)2)20-11-4-3-9(14)7-10(11)15/h3-8H,1-2H3,(H,16,17,19). The summed E-state index contributed by atoms with van der Waals surface area (Å²) in [7, 11) is 1.78. The number of nitrogens with one attached hydrogen (secondary N) is 1. The number of nitrogens with zero attached hydrogens (tertiary/aromatic N) is 2. The second-order valence-corrected chi connectivity index (χ2v) is 5.03. The summed E-state index contributed by atoms with van der Waals surface area (Å²) in [5.74, 6) is 0.538. The molecule has 0 bridgehead atoms. The van der Waals surface area contributed by atoms with Crippen molar-refractivity contribution in [1.29, 1.82) is 0 Å². The van der Waals surface area contributed by atoms with Gasteiger partial charge in [-0.1, -0.05) is 23.2 Å². The molecule has 0 saturated carbocycles. The number of rotatable bonds is 4. The first kappa shape index (κ1) is 14.7. The lowest BCUT2D eigenvalue weighted by atomic mass is 10.3. The summed E-state index contributed by atoms with van der Waals surface area (Å²) in [6.07, 6.45) is 2.61. The number of amides is 1. The number of anilines is 1. The van der Waals surface area contributed by atoms with E-state index in [4.69, 9.17) is 27.9 Å². The van der Waals surface area contributed by atoms with Gasteiger partial charge in [-0.2, -0.15) is 0 Å². The van der Waals surface area contributed by atoms with E-state index in [2.05, 4.69) is 10.3 Å². The highest BCUT2D eigenvalue weighted by molar-refractivity contribution is 6.35. The minimum absolute atomic E-state index is 0.315. The average Bonchev–Trinajstić information content (AvgIpc) is 2.78. The van der Waals surface area contributed by atoms with Crippen LogP contribution in [0.15, 0.2) is 30.6 Å². The van der Waals surface area contributed by atoms with Gasteiger partial charge in [0.2, 0.25) is 5.95 Å². The average molecular weight is 314 g/mol. The van der Waals surface area contributed by atoms with Crippen LogP contribution in [0.25, 0.3) is 0 Å². The zero-order chi connectivity index (χ0) is 14.7. The Morgan fingerprint density at radius 1 is 1.45 bits per heavy atom. The molecule has 0 aliphatic rings. The van der Waals surface area contributed by atoms with Crippen LogP contribution < -0.4 is 10.1 Å². The van der Waals surface area contributed by atoms with Gasteiger partial charge in [-0.25, -0.2) is 4.98 Å². The van der Waals surface area contributed by atoms with Crippen LogP contribution >= 0.6 is 23.2 Å². The normalized spacial score (nSPS) is 12.0. The number of carbonyl (C=O) groups is 1. The summed E-state index contributed by atoms with van der Waals surface area (Å²) in [4.78, 5) is 16.0. The van der Waals surface area contributed by atoms with Gasteiger partial charge in [-0.05, 0) is 25.1 Å². The third-order valence-electron chi connectivity index (χ3n) is 2.62. The Morgan fingerprint density at radius 3 is 2.80 bits per heavy atom. The van der Waals surface area contributed by atoms with E-state index >= 15 is 0 Å². The Kier molecular flexibility index (Phi) is 4.52. The number of benzene rings is 1. The number of halogens is 2. The van der Waals surface area contributed by atoms with Gasteiger partial charge < -0.3 is 9.30 Å². The Bertz CT molecular complexity index is 628. The van der Waals surface area contributed by atoms with Crippen LogP contribution in [0.1, 0.15) is 6.92 Å². The van der Waals surface area contributed by atoms with Crippen LogP contribution in [-0.4, -0.2) is 21.6 Å². The molecule has 5 nitrogen and oxygen atoms in total. The molecule has 1 unspecified atom stereocenters. The lowest BCUT2D eigenvalue weighted by Crippen LogP contribution is -2.31. The number of ether oxygens (including phenoxy) is 1. The van der Waals surface area contributed by atoms with Crippen LogP contribution in [0.5, 0.6) is 5.75 Å². The fraction of sp³-hybridized carbons (Fsp3) is 0.231. The number of carbonyl (C=O) groups excluding carboxylic acids is 1. The van der Waals surface area contributed by atoms with Crippen molar-refractivity contribution in [2.24, 2.45) is 7.05 Å². The molecule has 20 heavy (non-hydrogen) atoms. The topological polar surface area (TPSA) is 56.1 Å². The SMILES string of the molecule is CC(Oc1ccc(Cl)cc1Cl)C(=O)Nc1nccn1C. The van der Waals surface area contributed by atoms with Crippen molar-refractivity contribution in [3.63, 3.8) is 0 Å². The molecule has 1 N–H and O–H groups in total. The highest BCUT2D eigenvalue weighted by Gasteiger charge is 2.17. The molecule has 106 valence electrons. The van der Waals surface area contributed by atoms with Crippen LogP contribution in [-0.2, 0) is 11.8 Å². The van der Waals surface area contributed by atoms with Crippen molar-refractivity contribution < 1.29 is 9.53 Å². The van der Waals surface area contributed by atoms with E-state index in [1.165, 1.54) is 0 Å². The van der Waals surface area contributed by atoms with Crippen LogP contribution in [0.4, 0.5) is 5.95 Å². The Labute approximate surface area is 126 Å². The summed E-state index contributed by atoms with van der Waals surface area (Å²) in [5.41, 5.74) is 0. The first-order valence-corrected chi connectivity index (χ1v) is 6.63. The van der Waals surface area contributed by atoms with E-state index in [9.17, 15) is 4.79 Å². The fourth-order valence-electron chi connectivity index (χ4n) is 1.51. The molecule has 2 aromatic rings. The van der Waals surface area contributed by atoms with Gasteiger partial charge in [-0.15, -0.1) is 0 Å². The van der Waals surface area contributed by atoms with Gasteiger partial charge in [0.1, 0.15) is 5.75 Å². The molecule has 0 aliphatic carbocycles. The number of hydrogen-bond acceptors (Lipinski definition) is 3. The number of aromatic nitrogens is 2. The lowest BCUT2D eigenvalue weighted by Gasteiger charge is -2.15. The van der Waals surface area contributed by atoms with Gasteiger partial charge in [0, 0.05) is 24.5 Å². The Hall–Kier alpha value is -1.72. The second-order valence-electron chi connectivity index (χ2n) is 4.19. The van der Waals surface area contributed by atoms with E-state index in [0.717, 1.165) is 0 Å². The van der Waals surface area contributed by atoms with E-state index in [1.807, 2.05) is 0 Å². The maximum atomic E-state index is 12.0. The molecule has 1 amide bonds. The zero-order valence-electron chi connectivity index (χ0n) is 10.9. The van der Waals surface area contributed by atoms with Gasteiger partial charge in [-0.3, -0.25) is 10.1 Å². The quantitative estimate of drug-likeness (QED) is 0.943. The molecule has 1 atom stereocenters.